The molecule has 1 aromatic heterocycles. The van der Waals surface area contributed by atoms with Crippen molar-refractivity contribution in [3.8, 4) is 0 Å². The number of carboxylic acid groups (broad SMARTS) is 1. The first-order valence-electron chi connectivity index (χ1n) is 13.2. The second kappa shape index (κ2) is 13.9. The second-order valence-electron chi connectivity index (χ2n) is 11.1. The number of carbonyl (C=O) groups is 4. The third kappa shape index (κ3) is 8.86. The van der Waals surface area contributed by atoms with Crippen LogP contribution in [-0.4, -0.2) is 57.9 Å². The average molecular weight is 530 g/mol. The first-order chi connectivity index (χ1) is 17.8. The van der Waals surface area contributed by atoms with Crippen LogP contribution < -0.4 is 21.7 Å². The Labute approximate surface area is 224 Å². The first kappa shape index (κ1) is 30.8. The minimum absolute atomic E-state index is 0.0375. The first-order valence-corrected chi connectivity index (χ1v) is 13.2. The van der Waals surface area contributed by atoms with Crippen LogP contribution in [0.2, 0.25) is 0 Å². The van der Waals surface area contributed by atoms with Crippen molar-refractivity contribution in [3.05, 3.63) is 36.0 Å². The Morgan fingerprint density at radius 3 is 1.92 bits per heavy atom. The molecular formula is C28H43N5O5. The lowest BCUT2D eigenvalue weighted by Crippen LogP contribution is -2.58. The van der Waals surface area contributed by atoms with Crippen LogP contribution in [0.15, 0.2) is 30.5 Å². The summed E-state index contributed by atoms with van der Waals surface area (Å²) in [4.78, 5) is 54.4. The predicted octanol–water partition coefficient (Wildman–Crippen LogP) is 2.32. The number of amides is 3. The van der Waals surface area contributed by atoms with Crippen molar-refractivity contribution in [2.75, 3.05) is 0 Å². The lowest BCUT2D eigenvalue weighted by molar-refractivity contribution is -0.143. The van der Waals surface area contributed by atoms with E-state index in [1.54, 1.807) is 6.20 Å². The Morgan fingerprint density at radius 1 is 0.816 bits per heavy atom. The molecule has 0 aliphatic carbocycles. The van der Waals surface area contributed by atoms with Crippen LogP contribution in [0.3, 0.4) is 0 Å². The van der Waals surface area contributed by atoms with E-state index in [-0.39, 0.29) is 30.6 Å². The minimum atomic E-state index is -1.13. The standard InChI is InChI=1S/C28H43N5O5/c1-15(2)11-21(25(34)33-23(28(37)38)12-16(3)4)31-26(35)22(32-27(36)24(29)17(5)6)13-18-14-30-20-10-8-7-9-19(18)20/h7-10,14-17,21-24,30H,11-13,29H2,1-6H3,(H,31,35)(H,32,36)(H,33,34)(H,37,38). The fourth-order valence-electron chi connectivity index (χ4n) is 4.24. The smallest absolute Gasteiger partial charge is 0.326 e. The number of carboxylic acids is 1. The topological polar surface area (TPSA) is 166 Å². The molecule has 4 atom stereocenters. The highest BCUT2D eigenvalue weighted by molar-refractivity contribution is 5.95. The summed E-state index contributed by atoms with van der Waals surface area (Å²) in [5.41, 5.74) is 7.76. The van der Waals surface area contributed by atoms with Gasteiger partial charge < -0.3 is 31.8 Å². The Kier molecular flexibility index (Phi) is 11.3. The zero-order valence-corrected chi connectivity index (χ0v) is 23.2. The van der Waals surface area contributed by atoms with E-state index in [9.17, 15) is 24.3 Å². The molecule has 0 saturated heterocycles. The fourth-order valence-corrected chi connectivity index (χ4v) is 4.24. The fraction of sp³-hybridized carbons (Fsp3) is 0.571. The maximum Gasteiger partial charge on any atom is 0.326 e. The van der Waals surface area contributed by atoms with Crippen molar-refractivity contribution in [1.29, 1.82) is 0 Å². The van der Waals surface area contributed by atoms with Crippen molar-refractivity contribution in [3.63, 3.8) is 0 Å². The third-order valence-electron chi connectivity index (χ3n) is 6.41. The largest absolute Gasteiger partial charge is 0.480 e. The molecule has 0 spiro atoms. The van der Waals surface area contributed by atoms with Gasteiger partial charge in [0.1, 0.15) is 18.1 Å². The zero-order chi connectivity index (χ0) is 28.6. The quantitative estimate of drug-likeness (QED) is 0.220. The average Bonchev–Trinajstić information content (AvgIpc) is 3.24. The number of benzene rings is 1. The summed E-state index contributed by atoms with van der Waals surface area (Å²) in [7, 11) is 0. The molecule has 2 aromatic rings. The molecule has 1 aromatic carbocycles. The van der Waals surface area contributed by atoms with Crippen molar-refractivity contribution in [1.82, 2.24) is 20.9 Å². The number of aromatic amines is 1. The van der Waals surface area contributed by atoms with Gasteiger partial charge in [-0.1, -0.05) is 59.7 Å². The van der Waals surface area contributed by atoms with E-state index in [0.29, 0.717) is 6.42 Å². The Morgan fingerprint density at radius 2 is 1.34 bits per heavy atom. The number of fused-ring (bicyclic) bond motifs is 1. The number of aromatic nitrogens is 1. The SMILES string of the molecule is CC(C)CC(NC(=O)C(CC(C)C)NC(=O)C(Cc1c[nH]c2ccccc12)NC(=O)C(N)C(C)C)C(=O)O. The molecule has 10 nitrogen and oxygen atoms in total. The zero-order valence-electron chi connectivity index (χ0n) is 23.2. The van der Waals surface area contributed by atoms with Crippen molar-refractivity contribution < 1.29 is 24.3 Å². The molecule has 4 unspecified atom stereocenters. The van der Waals surface area contributed by atoms with Crippen molar-refractivity contribution >= 4 is 34.6 Å². The number of nitrogens with two attached hydrogens (primary N) is 1. The van der Waals surface area contributed by atoms with E-state index in [0.717, 1.165) is 16.5 Å². The highest BCUT2D eigenvalue weighted by atomic mass is 16.4. The van der Waals surface area contributed by atoms with Gasteiger partial charge in [-0.25, -0.2) is 4.79 Å². The van der Waals surface area contributed by atoms with Crippen molar-refractivity contribution in [2.24, 2.45) is 23.5 Å². The number of carbonyl (C=O) groups excluding carboxylic acids is 3. The van der Waals surface area contributed by atoms with Gasteiger partial charge in [0, 0.05) is 23.5 Å². The van der Waals surface area contributed by atoms with Gasteiger partial charge in [-0.2, -0.15) is 0 Å². The van der Waals surface area contributed by atoms with Crippen LogP contribution in [0.5, 0.6) is 0 Å². The number of H-pyrrole nitrogens is 1. The monoisotopic (exact) mass is 529 g/mol. The second-order valence-corrected chi connectivity index (χ2v) is 11.1. The van der Waals surface area contributed by atoms with Gasteiger partial charge >= 0.3 is 5.97 Å². The molecule has 0 fully saturated rings. The minimum Gasteiger partial charge on any atom is -0.480 e. The van der Waals surface area contributed by atoms with Gasteiger partial charge in [0.05, 0.1) is 6.04 Å². The van der Waals surface area contributed by atoms with E-state index < -0.39 is 47.9 Å². The maximum atomic E-state index is 13.6. The normalized spacial score (nSPS) is 14.8. The summed E-state index contributed by atoms with van der Waals surface area (Å²) in [6.45, 7) is 11.2. The van der Waals surface area contributed by atoms with Gasteiger partial charge in [-0.15, -0.1) is 0 Å². The summed E-state index contributed by atoms with van der Waals surface area (Å²) >= 11 is 0. The lowest BCUT2D eigenvalue weighted by Gasteiger charge is -2.27. The van der Waals surface area contributed by atoms with Crippen LogP contribution >= 0.6 is 0 Å². The lowest BCUT2D eigenvalue weighted by atomic mass is 9.99. The van der Waals surface area contributed by atoms with Gasteiger partial charge in [0.25, 0.3) is 0 Å². The van der Waals surface area contributed by atoms with E-state index in [2.05, 4.69) is 20.9 Å². The van der Waals surface area contributed by atoms with Crippen LogP contribution in [0.4, 0.5) is 0 Å². The van der Waals surface area contributed by atoms with Gasteiger partial charge in [0.2, 0.25) is 17.7 Å². The van der Waals surface area contributed by atoms with Gasteiger partial charge in [0.15, 0.2) is 0 Å². The number of hydrogen-bond donors (Lipinski definition) is 6. The summed E-state index contributed by atoms with van der Waals surface area (Å²) < 4.78 is 0. The van der Waals surface area contributed by atoms with E-state index in [1.807, 2.05) is 65.8 Å². The summed E-state index contributed by atoms with van der Waals surface area (Å²) in [6.07, 6.45) is 2.52. The number of para-hydroxylation sites is 1. The predicted molar refractivity (Wildman–Crippen MR) is 147 cm³/mol. The number of aliphatic carboxylic acids is 1. The third-order valence-corrected chi connectivity index (χ3v) is 6.41. The molecule has 0 radical (unpaired) electrons. The molecule has 210 valence electrons. The molecule has 0 aliphatic heterocycles. The van der Waals surface area contributed by atoms with Crippen LogP contribution in [0.25, 0.3) is 10.9 Å². The summed E-state index contributed by atoms with van der Waals surface area (Å²) in [6, 6.07) is 3.77. The molecule has 0 bridgehead atoms. The molecule has 0 aliphatic rings. The number of nitrogens with one attached hydrogen (secondary N) is 4. The highest BCUT2D eigenvalue weighted by Crippen LogP contribution is 2.19. The van der Waals surface area contributed by atoms with E-state index in [1.165, 1.54) is 0 Å². The molecule has 2 rings (SSSR count). The molecule has 1 heterocycles. The van der Waals surface area contributed by atoms with Crippen LogP contribution in [0, 0.1) is 17.8 Å². The number of rotatable bonds is 14. The molecule has 7 N–H and O–H groups in total. The van der Waals surface area contributed by atoms with Crippen LogP contribution in [0.1, 0.15) is 59.9 Å². The molecule has 0 saturated carbocycles. The highest BCUT2D eigenvalue weighted by Gasteiger charge is 2.32. The molecule has 3 amide bonds. The summed E-state index contributed by atoms with van der Waals surface area (Å²) in [5.74, 6) is -2.76. The molecule has 38 heavy (non-hydrogen) atoms. The molecule has 10 heteroatoms. The Hall–Kier alpha value is -3.40. The Bertz CT molecular complexity index is 1110. The van der Waals surface area contributed by atoms with Gasteiger partial charge in [-0.3, -0.25) is 14.4 Å². The van der Waals surface area contributed by atoms with Gasteiger partial charge in [-0.05, 0) is 42.2 Å². The summed E-state index contributed by atoms with van der Waals surface area (Å²) in [5, 5.41) is 18.6. The van der Waals surface area contributed by atoms with Crippen LogP contribution in [-0.2, 0) is 25.6 Å². The van der Waals surface area contributed by atoms with E-state index >= 15 is 0 Å². The number of hydrogen-bond acceptors (Lipinski definition) is 5. The molecular weight excluding hydrogens is 486 g/mol. The Balaban J connectivity index is 2.30. The van der Waals surface area contributed by atoms with E-state index in [4.69, 9.17) is 5.73 Å². The van der Waals surface area contributed by atoms with Crippen molar-refractivity contribution in [2.45, 2.75) is 85.0 Å². The maximum absolute atomic E-state index is 13.6.